The van der Waals surface area contributed by atoms with E-state index >= 15 is 0 Å². The van der Waals surface area contributed by atoms with E-state index in [9.17, 15) is 22.8 Å². The summed E-state index contributed by atoms with van der Waals surface area (Å²) in [5.74, 6) is -1.36. The minimum absolute atomic E-state index is 0.0838. The number of carboxylic acids is 1. The number of alkyl halides is 3. The number of likely N-dealkylation sites (tertiary alicyclic amines) is 1. The number of rotatable bonds is 5. The number of ether oxygens (including phenoxy) is 1. The van der Waals surface area contributed by atoms with Gasteiger partial charge in [-0.2, -0.15) is 13.2 Å². The van der Waals surface area contributed by atoms with Gasteiger partial charge in [-0.15, -0.1) is 0 Å². The third kappa shape index (κ3) is 4.70. The Hall–Kier alpha value is -1.31. The summed E-state index contributed by atoms with van der Waals surface area (Å²) in [6.07, 6.45) is -4.23. The third-order valence-corrected chi connectivity index (χ3v) is 3.07. The highest BCUT2D eigenvalue weighted by Gasteiger charge is 2.41. The Balaban J connectivity index is 2.31. The van der Waals surface area contributed by atoms with Crippen molar-refractivity contribution in [1.82, 2.24) is 4.90 Å². The van der Waals surface area contributed by atoms with Gasteiger partial charge < -0.3 is 14.7 Å². The molecule has 0 saturated carbocycles. The molecule has 0 aromatic carbocycles. The highest BCUT2D eigenvalue weighted by atomic mass is 19.4. The SMILES string of the molecule is CC1(C(=O)O)CCN(C(=O)CCOCC(F)(F)F)C1. The lowest BCUT2D eigenvalue weighted by atomic mass is 9.90. The van der Waals surface area contributed by atoms with E-state index in [1.54, 1.807) is 6.92 Å². The summed E-state index contributed by atoms with van der Waals surface area (Å²) >= 11 is 0. The maximum absolute atomic E-state index is 11.8. The molecule has 110 valence electrons. The Kier molecular flexibility index (Phi) is 4.78. The minimum Gasteiger partial charge on any atom is -0.481 e. The predicted molar refractivity (Wildman–Crippen MR) is 58.4 cm³/mol. The van der Waals surface area contributed by atoms with Gasteiger partial charge in [0.15, 0.2) is 0 Å². The molecule has 5 nitrogen and oxygen atoms in total. The van der Waals surface area contributed by atoms with Crippen molar-refractivity contribution >= 4 is 11.9 Å². The van der Waals surface area contributed by atoms with Crippen LogP contribution in [-0.2, 0) is 14.3 Å². The number of carboxylic acid groups (broad SMARTS) is 1. The van der Waals surface area contributed by atoms with Crippen LogP contribution in [0.3, 0.4) is 0 Å². The van der Waals surface area contributed by atoms with Crippen LogP contribution in [0, 0.1) is 5.41 Å². The second-order valence-electron chi connectivity index (χ2n) is 4.85. The molecule has 0 aliphatic carbocycles. The van der Waals surface area contributed by atoms with Gasteiger partial charge >= 0.3 is 12.1 Å². The van der Waals surface area contributed by atoms with Crippen LogP contribution in [0.15, 0.2) is 0 Å². The standard InChI is InChI=1S/C11H16F3NO4/c1-10(9(17)18)3-4-15(6-10)8(16)2-5-19-7-11(12,13)14/h2-7H2,1H3,(H,17,18). The fraction of sp³-hybridized carbons (Fsp3) is 0.818. The van der Waals surface area contributed by atoms with E-state index in [1.807, 2.05) is 0 Å². The molecule has 1 rings (SSSR count). The zero-order valence-corrected chi connectivity index (χ0v) is 10.5. The summed E-state index contributed by atoms with van der Waals surface area (Å²) < 4.78 is 39.7. The molecule has 1 unspecified atom stereocenters. The fourth-order valence-electron chi connectivity index (χ4n) is 1.85. The van der Waals surface area contributed by atoms with Gasteiger partial charge in [-0.1, -0.05) is 0 Å². The molecular weight excluding hydrogens is 267 g/mol. The molecular formula is C11H16F3NO4. The molecule has 1 amide bonds. The van der Waals surface area contributed by atoms with Crippen LogP contribution in [0.1, 0.15) is 19.8 Å². The van der Waals surface area contributed by atoms with Gasteiger partial charge in [0.1, 0.15) is 6.61 Å². The van der Waals surface area contributed by atoms with Gasteiger partial charge in [0, 0.05) is 13.1 Å². The normalized spacial score (nSPS) is 23.7. The van der Waals surface area contributed by atoms with Crippen LogP contribution >= 0.6 is 0 Å². The first-order chi connectivity index (χ1) is 8.64. The van der Waals surface area contributed by atoms with Crippen LogP contribution < -0.4 is 0 Å². The van der Waals surface area contributed by atoms with Gasteiger partial charge in [-0.3, -0.25) is 9.59 Å². The highest BCUT2D eigenvalue weighted by Crippen LogP contribution is 2.30. The molecule has 1 aliphatic heterocycles. The summed E-state index contributed by atoms with van der Waals surface area (Å²) in [5, 5.41) is 8.99. The van der Waals surface area contributed by atoms with E-state index in [-0.39, 0.29) is 25.5 Å². The Morgan fingerprint density at radius 2 is 2.05 bits per heavy atom. The van der Waals surface area contributed by atoms with Crippen LogP contribution in [0.25, 0.3) is 0 Å². The molecule has 0 radical (unpaired) electrons. The van der Waals surface area contributed by atoms with Crippen molar-refractivity contribution in [2.24, 2.45) is 5.41 Å². The monoisotopic (exact) mass is 283 g/mol. The number of amides is 1. The van der Waals surface area contributed by atoms with E-state index in [0.717, 1.165) is 0 Å². The molecule has 8 heteroatoms. The molecule has 1 aliphatic rings. The van der Waals surface area contributed by atoms with E-state index in [2.05, 4.69) is 4.74 Å². The van der Waals surface area contributed by atoms with Crippen molar-refractivity contribution in [3.63, 3.8) is 0 Å². The molecule has 1 saturated heterocycles. The average molecular weight is 283 g/mol. The third-order valence-electron chi connectivity index (χ3n) is 3.07. The van der Waals surface area contributed by atoms with Gasteiger partial charge in [-0.05, 0) is 13.3 Å². The highest BCUT2D eigenvalue weighted by molar-refractivity contribution is 5.80. The molecule has 0 spiro atoms. The summed E-state index contributed by atoms with van der Waals surface area (Å²) in [7, 11) is 0. The molecule has 1 heterocycles. The lowest BCUT2D eigenvalue weighted by Crippen LogP contribution is -2.35. The Labute approximate surface area is 108 Å². The van der Waals surface area contributed by atoms with E-state index in [0.29, 0.717) is 13.0 Å². The Morgan fingerprint density at radius 3 is 2.53 bits per heavy atom. The second kappa shape index (κ2) is 5.77. The first kappa shape index (κ1) is 15.7. The van der Waals surface area contributed by atoms with Crippen LogP contribution in [0.5, 0.6) is 0 Å². The number of carbonyl (C=O) groups excluding carboxylic acids is 1. The minimum atomic E-state index is -4.40. The van der Waals surface area contributed by atoms with Gasteiger partial charge in [0.25, 0.3) is 0 Å². The second-order valence-corrected chi connectivity index (χ2v) is 4.85. The molecule has 1 atom stereocenters. The summed E-state index contributed by atoms with van der Waals surface area (Å²) in [5.41, 5.74) is -0.970. The van der Waals surface area contributed by atoms with Gasteiger partial charge in [0.2, 0.25) is 5.91 Å². The smallest absolute Gasteiger partial charge is 0.411 e. The van der Waals surface area contributed by atoms with Crippen molar-refractivity contribution < 1.29 is 32.6 Å². The lowest BCUT2D eigenvalue weighted by Gasteiger charge is -2.20. The van der Waals surface area contributed by atoms with Gasteiger partial charge in [-0.25, -0.2) is 0 Å². The first-order valence-electron chi connectivity index (χ1n) is 5.80. The number of halogens is 3. The van der Waals surface area contributed by atoms with E-state index in [4.69, 9.17) is 5.11 Å². The van der Waals surface area contributed by atoms with Crippen molar-refractivity contribution in [1.29, 1.82) is 0 Å². The number of nitrogens with zero attached hydrogens (tertiary/aromatic N) is 1. The average Bonchev–Trinajstić information content (AvgIpc) is 2.67. The van der Waals surface area contributed by atoms with Crippen LogP contribution in [0.2, 0.25) is 0 Å². The number of aliphatic carboxylic acids is 1. The molecule has 0 aromatic rings. The summed E-state index contributed by atoms with van der Waals surface area (Å²) in [6.45, 7) is 0.232. The lowest BCUT2D eigenvalue weighted by molar-refractivity contribution is -0.175. The van der Waals surface area contributed by atoms with Crippen LogP contribution in [0.4, 0.5) is 13.2 Å². The zero-order valence-electron chi connectivity index (χ0n) is 10.5. The van der Waals surface area contributed by atoms with Crippen molar-refractivity contribution in [3.8, 4) is 0 Å². The number of hydrogen-bond donors (Lipinski definition) is 1. The fourth-order valence-corrected chi connectivity index (χ4v) is 1.85. The molecule has 0 bridgehead atoms. The molecule has 1 N–H and O–H groups in total. The van der Waals surface area contributed by atoms with Crippen molar-refractivity contribution in [2.45, 2.75) is 25.9 Å². The first-order valence-corrected chi connectivity index (χ1v) is 5.80. The van der Waals surface area contributed by atoms with Gasteiger partial charge in [0.05, 0.1) is 18.4 Å². The van der Waals surface area contributed by atoms with E-state index < -0.39 is 24.2 Å². The van der Waals surface area contributed by atoms with Crippen LogP contribution in [-0.4, -0.2) is 54.4 Å². The summed E-state index contributed by atoms with van der Waals surface area (Å²) in [6, 6.07) is 0. The largest absolute Gasteiger partial charge is 0.481 e. The molecule has 19 heavy (non-hydrogen) atoms. The van der Waals surface area contributed by atoms with E-state index in [1.165, 1.54) is 4.90 Å². The Morgan fingerprint density at radius 1 is 1.42 bits per heavy atom. The number of carbonyl (C=O) groups is 2. The molecule has 0 aromatic heterocycles. The van der Waals surface area contributed by atoms with Crippen molar-refractivity contribution in [3.05, 3.63) is 0 Å². The van der Waals surface area contributed by atoms with Crippen molar-refractivity contribution in [2.75, 3.05) is 26.3 Å². The maximum atomic E-state index is 11.8. The quantitative estimate of drug-likeness (QED) is 0.772. The number of hydrogen-bond acceptors (Lipinski definition) is 3. The maximum Gasteiger partial charge on any atom is 0.411 e. The Bertz CT molecular complexity index is 358. The summed E-state index contributed by atoms with van der Waals surface area (Å²) in [4.78, 5) is 24.0. The topological polar surface area (TPSA) is 66.8 Å². The predicted octanol–water partition coefficient (Wildman–Crippen LogP) is 1.28. The zero-order chi connectivity index (χ0) is 14.7. The molecule has 1 fully saturated rings.